The number of ether oxygens (including phenoxy) is 2. The van der Waals surface area contributed by atoms with Gasteiger partial charge in [0, 0.05) is 17.5 Å². The van der Waals surface area contributed by atoms with E-state index in [4.69, 9.17) is 9.47 Å². The van der Waals surface area contributed by atoms with Crippen molar-refractivity contribution < 1.29 is 19.4 Å². The molecule has 7 heteroatoms. The standard InChI is InChI=1S/C15H23N2O4P/c1-9-10(7-16-14(19)17-9)11-12-13(18)15(21-11,8-20-12)5-6-22(2,3)4/h7,11-13,18H,1-2,5-6,8H2,3-4H3,(H2,16,17,19)/t11-,12?,13-,15-/m0/s1. The Balaban J connectivity index is 1.79. The fraction of sp³-hybridized carbons (Fsp3) is 0.600. The molecule has 4 atom stereocenters. The van der Waals surface area contributed by atoms with Crippen molar-refractivity contribution in [1.29, 1.82) is 0 Å². The van der Waals surface area contributed by atoms with E-state index in [-0.39, 0.29) is 6.03 Å². The van der Waals surface area contributed by atoms with Crippen LogP contribution in [0.2, 0.25) is 0 Å². The van der Waals surface area contributed by atoms with E-state index in [1.807, 2.05) is 0 Å². The van der Waals surface area contributed by atoms with E-state index in [2.05, 4.69) is 36.8 Å². The highest BCUT2D eigenvalue weighted by Crippen LogP contribution is 2.48. The van der Waals surface area contributed by atoms with E-state index >= 15 is 0 Å². The van der Waals surface area contributed by atoms with Crippen molar-refractivity contribution in [3.63, 3.8) is 0 Å². The zero-order chi connectivity index (χ0) is 16.1. The number of hydrogen-bond donors (Lipinski definition) is 3. The number of amides is 2. The van der Waals surface area contributed by atoms with Crippen LogP contribution in [0.3, 0.4) is 0 Å². The van der Waals surface area contributed by atoms with Crippen LogP contribution in [0, 0.1) is 0 Å². The van der Waals surface area contributed by atoms with Crippen molar-refractivity contribution in [3.8, 4) is 0 Å². The maximum Gasteiger partial charge on any atom is 0.323 e. The second-order valence-corrected chi connectivity index (χ2v) is 11.2. The highest BCUT2D eigenvalue weighted by Gasteiger charge is 2.61. The minimum atomic E-state index is -1.20. The summed E-state index contributed by atoms with van der Waals surface area (Å²) in [6, 6.07) is -0.323. The zero-order valence-electron chi connectivity index (χ0n) is 13.0. The van der Waals surface area contributed by atoms with Crippen LogP contribution < -0.4 is 10.6 Å². The van der Waals surface area contributed by atoms with Crippen LogP contribution in [0.25, 0.3) is 0 Å². The average Bonchev–Trinajstić information content (AvgIpc) is 2.87. The molecular weight excluding hydrogens is 303 g/mol. The molecule has 1 unspecified atom stereocenters. The fourth-order valence-corrected chi connectivity index (χ4v) is 4.11. The first-order valence-electron chi connectivity index (χ1n) is 7.34. The lowest BCUT2D eigenvalue weighted by Gasteiger charge is -2.34. The van der Waals surface area contributed by atoms with Crippen LogP contribution in [0.4, 0.5) is 4.79 Å². The highest BCUT2D eigenvalue weighted by molar-refractivity contribution is 7.72. The maximum absolute atomic E-state index is 11.3. The number of aliphatic hydroxyl groups is 1. The van der Waals surface area contributed by atoms with Gasteiger partial charge in [0.2, 0.25) is 0 Å². The summed E-state index contributed by atoms with van der Waals surface area (Å²) in [5.41, 5.74) is 0.526. The van der Waals surface area contributed by atoms with Crippen molar-refractivity contribution in [2.24, 2.45) is 0 Å². The third-order valence-corrected chi connectivity index (χ3v) is 5.88. The first-order valence-corrected chi connectivity index (χ1v) is 10.4. The third-order valence-electron chi connectivity index (χ3n) is 4.45. The summed E-state index contributed by atoms with van der Waals surface area (Å²) in [6.45, 7) is 7.38. The Kier molecular flexibility index (Phi) is 3.76. The van der Waals surface area contributed by atoms with Crippen molar-refractivity contribution in [3.05, 3.63) is 24.0 Å². The molecule has 0 aliphatic carbocycles. The van der Waals surface area contributed by atoms with Crippen LogP contribution in [0.5, 0.6) is 0 Å². The molecule has 0 aromatic heterocycles. The lowest BCUT2D eigenvalue weighted by atomic mass is 9.94. The van der Waals surface area contributed by atoms with Gasteiger partial charge in [0.05, 0.1) is 6.61 Å². The number of urea groups is 1. The summed E-state index contributed by atoms with van der Waals surface area (Å²) < 4.78 is 12.0. The van der Waals surface area contributed by atoms with Gasteiger partial charge >= 0.3 is 6.03 Å². The summed E-state index contributed by atoms with van der Waals surface area (Å²) in [5, 5.41) is 15.8. The molecule has 0 spiro atoms. The molecule has 6 nitrogen and oxygen atoms in total. The number of carbonyl (C=O) groups is 1. The minimum Gasteiger partial charge on any atom is -0.387 e. The summed E-state index contributed by atoms with van der Waals surface area (Å²) >= 11 is 0. The Labute approximate surface area is 130 Å². The normalized spacial score (nSPS) is 37.8. The van der Waals surface area contributed by atoms with E-state index in [0.717, 1.165) is 12.6 Å². The van der Waals surface area contributed by atoms with Crippen molar-refractivity contribution >= 4 is 19.2 Å². The van der Waals surface area contributed by atoms with Gasteiger partial charge < -0.3 is 25.2 Å². The molecule has 0 radical (unpaired) electrons. The Morgan fingerprint density at radius 1 is 1.55 bits per heavy atom. The fourth-order valence-electron chi connectivity index (χ4n) is 3.13. The molecule has 2 saturated heterocycles. The quantitative estimate of drug-likeness (QED) is 0.664. The molecule has 2 bridgehead atoms. The van der Waals surface area contributed by atoms with Crippen molar-refractivity contribution in [1.82, 2.24) is 10.6 Å². The number of fused-ring (bicyclic) bond motifs is 2. The smallest absolute Gasteiger partial charge is 0.323 e. The van der Waals surface area contributed by atoms with Gasteiger partial charge in [-0.05, 0) is 25.9 Å². The second kappa shape index (κ2) is 5.24. The predicted octanol–water partition coefficient (Wildman–Crippen LogP) is 0.693. The molecule has 3 aliphatic heterocycles. The molecule has 22 heavy (non-hydrogen) atoms. The maximum atomic E-state index is 11.3. The molecular formula is C15H23N2O4P. The number of hydrogen-bond acceptors (Lipinski definition) is 4. The van der Waals surface area contributed by atoms with Gasteiger partial charge in [-0.15, -0.1) is 13.2 Å². The van der Waals surface area contributed by atoms with E-state index in [0.29, 0.717) is 17.9 Å². The van der Waals surface area contributed by atoms with Gasteiger partial charge in [-0.2, -0.15) is 0 Å². The zero-order valence-corrected chi connectivity index (χ0v) is 13.9. The summed E-state index contributed by atoms with van der Waals surface area (Å²) in [4.78, 5) is 11.3. The lowest BCUT2D eigenvalue weighted by Crippen LogP contribution is -2.44. The molecule has 0 aromatic rings. The Hall–Kier alpha value is -1.07. The number of aliphatic hydroxyl groups excluding tert-OH is 1. The van der Waals surface area contributed by atoms with Crippen LogP contribution in [0.15, 0.2) is 24.0 Å². The molecule has 3 N–H and O–H groups in total. The van der Waals surface area contributed by atoms with Crippen molar-refractivity contribution in [2.45, 2.75) is 30.3 Å². The molecule has 0 aromatic carbocycles. The highest BCUT2D eigenvalue weighted by atomic mass is 31.2. The molecule has 122 valence electrons. The van der Waals surface area contributed by atoms with Crippen LogP contribution in [-0.4, -0.2) is 67.4 Å². The minimum absolute atomic E-state index is 0.323. The summed E-state index contributed by atoms with van der Waals surface area (Å²) in [5.74, 6) is 0. The largest absolute Gasteiger partial charge is 0.387 e. The van der Waals surface area contributed by atoms with Gasteiger partial charge in [-0.25, -0.2) is 4.79 Å². The molecule has 2 fully saturated rings. The monoisotopic (exact) mass is 326 g/mol. The van der Waals surface area contributed by atoms with Gasteiger partial charge in [0.1, 0.15) is 23.9 Å². The molecule has 2 amide bonds. The number of nitrogens with one attached hydrogen (secondary N) is 2. The van der Waals surface area contributed by atoms with Gasteiger partial charge in [0.25, 0.3) is 0 Å². The number of carbonyl (C=O) groups excluding carboxylic acids is 1. The molecule has 3 rings (SSSR count). The van der Waals surface area contributed by atoms with Gasteiger partial charge in [0.15, 0.2) is 0 Å². The van der Waals surface area contributed by atoms with Gasteiger partial charge in [-0.1, -0.05) is 6.58 Å². The Morgan fingerprint density at radius 3 is 2.91 bits per heavy atom. The summed E-state index contributed by atoms with van der Waals surface area (Å²) in [7, 11) is 0. The van der Waals surface area contributed by atoms with Crippen molar-refractivity contribution in [2.75, 3.05) is 26.1 Å². The Morgan fingerprint density at radius 2 is 2.27 bits per heavy atom. The Bertz CT molecular complexity index is 596. The van der Waals surface area contributed by atoms with E-state index in [1.54, 1.807) is 6.20 Å². The lowest BCUT2D eigenvalue weighted by molar-refractivity contribution is -0.132. The number of rotatable bonds is 4. The van der Waals surface area contributed by atoms with Crippen LogP contribution in [-0.2, 0) is 9.47 Å². The van der Waals surface area contributed by atoms with E-state index in [1.165, 1.54) is 0 Å². The second-order valence-electron chi connectivity index (χ2n) is 6.91. The van der Waals surface area contributed by atoms with E-state index < -0.39 is 30.8 Å². The van der Waals surface area contributed by atoms with Crippen LogP contribution >= 0.6 is 6.89 Å². The first kappa shape index (κ1) is 15.8. The van der Waals surface area contributed by atoms with Gasteiger partial charge in [-0.3, -0.25) is 0 Å². The first-order chi connectivity index (χ1) is 10.2. The SMILES string of the molecule is C=C1NC(=O)NC=C1[C@@H]1O[C@@]2(CCP(=C)(C)C)COC1[C@@H]2O. The topological polar surface area (TPSA) is 79.8 Å². The molecule has 0 saturated carbocycles. The summed E-state index contributed by atoms with van der Waals surface area (Å²) in [6.07, 6.45) is 5.94. The van der Waals surface area contributed by atoms with E-state index in [9.17, 15) is 9.90 Å². The third kappa shape index (κ3) is 2.65. The molecule has 3 aliphatic rings. The average molecular weight is 326 g/mol. The van der Waals surface area contributed by atoms with Crippen LogP contribution in [0.1, 0.15) is 6.42 Å². The predicted molar refractivity (Wildman–Crippen MR) is 87.6 cm³/mol. The molecule has 3 heterocycles.